The van der Waals surface area contributed by atoms with E-state index < -0.39 is 6.10 Å². The summed E-state index contributed by atoms with van der Waals surface area (Å²) in [7, 11) is 0. The van der Waals surface area contributed by atoms with E-state index in [-0.39, 0.29) is 6.61 Å². The fourth-order valence-electron chi connectivity index (χ4n) is 1.61. The second-order valence-corrected chi connectivity index (χ2v) is 4.10. The smallest absolute Gasteiger partial charge is 0.0914 e. The highest BCUT2D eigenvalue weighted by Gasteiger charge is 2.08. The maximum absolute atomic E-state index is 9.88. The third-order valence-electron chi connectivity index (χ3n) is 2.64. The van der Waals surface area contributed by atoms with Gasteiger partial charge in [0, 0.05) is 19.2 Å². The van der Waals surface area contributed by atoms with Crippen LogP contribution < -0.4 is 5.32 Å². The zero-order chi connectivity index (χ0) is 11.8. The fraction of sp³-hybridized carbons (Fsp3) is 0.538. The van der Waals surface area contributed by atoms with E-state index in [0.29, 0.717) is 12.6 Å². The van der Waals surface area contributed by atoms with Gasteiger partial charge in [0.1, 0.15) is 0 Å². The first-order chi connectivity index (χ1) is 7.74. The maximum atomic E-state index is 9.88. The molecule has 0 radical (unpaired) electrons. The molecule has 0 aliphatic rings. The standard InChI is InChI=1S/C13H21NO2/c1-11(6-5-9-15)14-10-13(16)12-7-3-2-4-8-12/h2-4,7-8,11,13-16H,5-6,9-10H2,1H3. The second-order valence-electron chi connectivity index (χ2n) is 4.10. The SMILES string of the molecule is CC(CCCO)NCC(O)c1ccccc1. The molecule has 0 saturated carbocycles. The minimum Gasteiger partial charge on any atom is -0.396 e. The zero-order valence-electron chi connectivity index (χ0n) is 9.76. The van der Waals surface area contributed by atoms with E-state index in [2.05, 4.69) is 12.2 Å². The highest BCUT2D eigenvalue weighted by molar-refractivity contribution is 5.17. The van der Waals surface area contributed by atoms with E-state index >= 15 is 0 Å². The van der Waals surface area contributed by atoms with Crippen LogP contribution in [-0.2, 0) is 0 Å². The predicted molar refractivity (Wildman–Crippen MR) is 65.2 cm³/mol. The second kappa shape index (κ2) is 7.39. The Kier molecular flexibility index (Phi) is 6.08. The van der Waals surface area contributed by atoms with E-state index in [9.17, 15) is 5.11 Å². The molecule has 0 aliphatic heterocycles. The van der Waals surface area contributed by atoms with Crippen LogP contribution in [-0.4, -0.2) is 29.4 Å². The third kappa shape index (κ3) is 4.75. The fourth-order valence-corrected chi connectivity index (χ4v) is 1.61. The largest absolute Gasteiger partial charge is 0.396 e. The van der Waals surface area contributed by atoms with Gasteiger partial charge in [-0.2, -0.15) is 0 Å². The van der Waals surface area contributed by atoms with E-state index in [4.69, 9.17) is 5.11 Å². The average Bonchev–Trinajstić information content (AvgIpc) is 2.34. The molecule has 1 rings (SSSR count). The molecule has 90 valence electrons. The molecule has 2 unspecified atom stereocenters. The van der Waals surface area contributed by atoms with Crippen molar-refractivity contribution in [3.63, 3.8) is 0 Å². The van der Waals surface area contributed by atoms with Gasteiger partial charge in [-0.1, -0.05) is 30.3 Å². The van der Waals surface area contributed by atoms with Crippen LogP contribution in [0.25, 0.3) is 0 Å². The molecule has 16 heavy (non-hydrogen) atoms. The monoisotopic (exact) mass is 223 g/mol. The summed E-state index contributed by atoms with van der Waals surface area (Å²) in [4.78, 5) is 0. The number of rotatable bonds is 7. The molecule has 0 saturated heterocycles. The van der Waals surface area contributed by atoms with E-state index in [1.807, 2.05) is 30.3 Å². The number of hydrogen-bond donors (Lipinski definition) is 3. The van der Waals surface area contributed by atoms with Crippen molar-refractivity contribution in [2.45, 2.75) is 31.9 Å². The van der Waals surface area contributed by atoms with Crippen molar-refractivity contribution < 1.29 is 10.2 Å². The van der Waals surface area contributed by atoms with Gasteiger partial charge in [-0.25, -0.2) is 0 Å². The van der Waals surface area contributed by atoms with Crippen molar-refractivity contribution in [1.82, 2.24) is 5.32 Å². The molecule has 3 nitrogen and oxygen atoms in total. The topological polar surface area (TPSA) is 52.5 Å². The normalized spacial score (nSPS) is 14.7. The summed E-state index contributed by atoms with van der Waals surface area (Å²) >= 11 is 0. The van der Waals surface area contributed by atoms with Crippen LogP contribution in [0, 0.1) is 0 Å². The Balaban J connectivity index is 2.27. The molecule has 0 fully saturated rings. The molecular formula is C13H21NO2. The van der Waals surface area contributed by atoms with Gasteiger partial charge >= 0.3 is 0 Å². The molecule has 0 aliphatic carbocycles. The van der Waals surface area contributed by atoms with Gasteiger partial charge in [0.2, 0.25) is 0 Å². The van der Waals surface area contributed by atoms with Crippen molar-refractivity contribution >= 4 is 0 Å². The highest BCUT2D eigenvalue weighted by Crippen LogP contribution is 2.11. The van der Waals surface area contributed by atoms with Crippen LogP contribution in [0.4, 0.5) is 0 Å². The van der Waals surface area contributed by atoms with E-state index in [1.165, 1.54) is 0 Å². The molecule has 0 bridgehead atoms. The Morgan fingerprint density at radius 3 is 2.56 bits per heavy atom. The number of aliphatic hydroxyl groups is 2. The lowest BCUT2D eigenvalue weighted by molar-refractivity contribution is 0.169. The van der Waals surface area contributed by atoms with Crippen LogP contribution in [0.15, 0.2) is 30.3 Å². The Bertz CT molecular complexity index is 277. The van der Waals surface area contributed by atoms with Gasteiger partial charge in [-0.15, -0.1) is 0 Å². The third-order valence-corrected chi connectivity index (χ3v) is 2.64. The minimum atomic E-state index is -0.460. The van der Waals surface area contributed by atoms with Crippen LogP contribution in [0.2, 0.25) is 0 Å². The summed E-state index contributed by atoms with van der Waals surface area (Å²) in [5, 5.41) is 21.8. The van der Waals surface area contributed by atoms with Crippen molar-refractivity contribution in [3.8, 4) is 0 Å². The van der Waals surface area contributed by atoms with Crippen LogP contribution in [0.3, 0.4) is 0 Å². The molecule has 3 N–H and O–H groups in total. The maximum Gasteiger partial charge on any atom is 0.0914 e. The summed E-state index contributed by atoms with van der Waals surface area (Å²) in [6.45, 7) is 2.84. The molecule has 0 heterocycles. The van der Waals surface area contributed by atoms with Crippen LogP contribution in [0.1, 0.15) is 31.4 Å². The van der Waals surface area contributed by atoms with Crippen molar-refractivity contribution in [2.24, 2.45) is 0 Å². The number of hydrogen-bond acceptors (Lipinski definition) is 3. The van der Waals surface area contributed by atoms with Gasteiger partial charge in [0.15, 0.2) is 0 Å². The minimum absolute atomic E-state index is 0.229. The van der Waals surface area contributed by atoms with Crippen LogP contribution in [0.5, 0.6) is 0 Å². The molecule has 0 amide bonds. The first-order valence-electron chi connectivity index (χ1n) is 5.81. The summed E-state index contributed by atoms with van der Waals surface area (Å²) in [5.74, 6) is 0. The molecule has 1 aromatic rings. The Labute approximate surface area is 97.1 Å². The van der Waals surface area contributed by atoms with Gasteiger partial charge in [0.25, 0.3) is 0 Å². The summed E-state index contributed by atoms with van der Waals surface area (Å²) in [6, 6.07) is 9.95. The lowest BCUT2D eigenvalue weighted by atomic mass is 10.1. The van der Waals surface area contributed by atoms with Gasteiger partial charge < -0.3 is 15.5 Å². The molecule has 0 aromatic heterocycles. The zero-order valence-corrected chi connectivity index (χ0v) is 9.76. The molecule has 0 spiro atoms. The Hall–Kier alpha value is -0.900. The quantitative estimate of drug-likeness (QED) is 0.656. The number of nitrogens with one attached hydrogen (secondary N) is 1. The molecule has 1 aromatic carbocycles. The number of aliphatic hydroxyl groups excluding tert-OH is 2. The first kappa shape index (κ1) is 13.2. The average molecular weight is 223 g/mol. The highest BCUT2D eigenvalue weighted by atomic mass is 16.3. The summed E-state index contributed by atoms with van der Waals surface area (Å²) < 4.78 is 0. The molecule has 2 atom stereocenters. The summed E-state index contributed by atoms with van der Waals surface area (Å²) in [6.07, 6.45) is 1.27. The van der Waals surface area contributed by atoms with Crippen molar-refractivity contribution in [2.75, 3.05) is 13.2 Å². The van der Waals surface area contributed by atoms with Gasteiger partial charge in [0.05, 0.1) is 6.10 Å². The van der Waals surface area contributed by atoms with E-state index in [1.54, 1.807) is 0 Å². The van der Waals surface area contributed by atoms with Crippen LogP contribution >= 0.6 is 0 Å². The van der Waals surface area contributed by atoms with Gasteiger partial charge in [-0.05, 0) is 25.3 Å². The molecular weight excluding hydrogens is 202 g/mol. The molecule has 3 heteroatoms. The lowest BCUT2D eigenvalue weighted by Gasteiger charge is -2.17. The predicted octanol–water partition coefficient (Wildman–Crippen LogP) is 1.47. The lowest BCUT2D eigenvalue weighted by Crippen LogP contribution is -2.30. The van der Waals surface area contributed by atoms with Crippen molar-refractivity contribution in [3.05, 3.63) is 35.9 Å². The van der Waals surface area contributed by atoms with E-state index in [0.717, 1.165) is 18.4 Å². The first-order valence-corrected chi connectivity index (χ1v) is 5.81. The summed E-state index contributed by atoms with van der Waals surface area (Å²) in [5.41, 5.74) is 0.935. The van der Waals surface area contributed by atoms with Gasteiger partial charge in [-0.3, -0.25) is 0 Å². The van der Waals surface area contributed by atoms with Crippen molar-refractivity contribution in [1.29, 1.82) is 0 Å². The Morgan fingerprint density at radius 2 is 1.94 bits per heavy atom. The Morgan fingerprint density at radius 1 is 1.25 bits per heavy atom. The number of benzene rings is 1.